The van der Waals surface area contributed by atoms with Crippen molar-refractivity contribution >= 4 is 27.7 Å². The van der Waals surface area contributed by atoms with Gasteiger partial charge in [0.15, 0.2) is 0 Å². The van der Waals surface area contributed by atoms with Crippen LogP contribution in [0.4, 0.5) is 0 Å². The molecule has 5 heteroatoms. The van der Waals surface area contributed by atoms with Gasteiger partial charge < -0.3 is 10.3 Å². The van der Waals surface area contributed by atoms with E-state index in [4.69, 9.17) is 4.98 Å². The normalized spacial score (nSPS) is 11.1. The number of carbonyl (C=O) groups excluding carboxylic acids is 1. The fourth-order valence-corrected chi connectivity index (χ4v) is 4.09. The highest BCUT2D eigenvalue weighted by Crippen LogP contribution is 2.31. The molecule has 0 aliphatic rings. The first-order valence-corrected chi connectivity index (χ1v) is 10.9. The lowest BCUT2D eigenvalue weighted by Gasteiger charge is -2.07. The first-order chi connectivity index (χ1) is 15.8. The molecule has 0 spiro atoms. The van der Waals surface area contributed by atoms with Gasteiger partial charge in [-0.05, 0) is 48.7 Å². The molecule has 0 fully saturated rings. The molecule has 158 valence electrons. The number of benzene rings is 2. The molecule has 0 atom stereocenters. The molecule has 3 heterocycles. The minimum atomic E-state index is 0.0425. The summed E-state index contributed by atoms with van der Waals surface area (Å²) >= 11 is 0. The largest absolute Gasteiger partial charge is 0.353 e. The predicted molar refractivity (Wildman–Crippen MR) is 128 cm³/mol. The SMILES string of the molecule is O=C(CCCc1c(-c2ccc3ccccc3n2)[nH]c2ccccc12)NCc1ccccn1. The summed E-state index contributed by atoms with van der Waals surface area (Å²) in [6.45, 7) is 0.457. The van der Waals surface area contributed by atoms with Crippen LogP contribution in [-0.2, 0) is 17.8 Å². The summed E-state index contributed by atoms with van der Waals surface area (Å²) in [5, 5.41) is 5.27. The lowest BCUT2D eigenvalue weighted by molar-refractivity contribution is -0.121. The summed E-state index contributed by atoms with van der Waals surface area (Å²) in [5.41, 5.74) is 6.10. The lowest BCUT2D eigenvalue weighted by Crippen LogP contribution is -2.23. The quantitative estimate of drug-likeness (QED) is 0.369. The van der Waals surface area contributed by atoms with Crippen LogP contribution in [0.25, 0.3) is 33.2 Å². The molecule has 5 nitrogen and oxygen atoms in total. The molecule has 3 aromatic heterocycles. The van der Waals surface area contributed by atoms with Crippen molar-refractivity contribution in [1.29, 1.82) is 0 Å². The van der Waals surface area contributed by atoms with E-state index >= 15 is 0 Å². The average Bonchev–Trinajstić information content (AvgIpc) is 3.22. The van der Waals surface area contributed by atoms with Crippen LogP contribution in [0, 0.1) is 0 Å². The summed E-state index contributed by atoms with van der Waals surface area (Å²) in [7, 11) is 0. The molecule has 0 saturated carbocycles. The Hall–Kier alpha value is -3.99. The van der Waals surface area contributed by atoms with E-state index in [1.807, 2.05) is 42.5 Å². The van der Waals surface area contributed by atoms with E-state index in [0.717, 1.165) is 46.3 Å². The van der Waals surface area contributed by atoms with Gasteiger partial charge in [-0.15, -0.1) is 0 Å². The zero-order valence-electron chi connectivity index (χ0n) is 17.7. The maximum Gasteiger partial charge on any atom is 0.220 e. The molecule has 5 rings (SSSR count). The average molecular weight is 421 g/mol. The van der Waals surface area contributed by atoms with Crippen molar-refractivity contribution < 1.29 is 4.79 Å². The first kappa shape index (κ1) is 19.9. The molecule has 0 unspecified atom stereocenters. The second-order valence-corrected chi connectivity index (χ2v) is 7.86. The van der Waals surface area contributed by atoms with E-state index in [-0.39, 0.29) is 5.91 Å². The van der Waals surface area contributed by atoms with E-state index in [2.05, 4.69) is 51.7 Å². The maximum absolute atomic E-state index is 12.4. The Labute approximate surface area is 186 Å². The fourth-order valence-electron chi connectivity index (χ4n) is 4.09. The smallest absolute Gasteiger partial charge is 0.220 e. The number of fused-ring (bicyclic) bond motifs is 2. The molecule has 0 saturated heterocycles. The molecule has 0 aliphatic carbocycles. The molecular weight excluding hydrogens is 396 g/mol. The minimum absolute atomic E-state index is 0.0425. The summed E-state index contributed by atoms with van der Waals surface area (Å²) in [5.74, 6) is 0.0425. The Balaban J connectivity index is 1.34. The molecule has 32 heavy (non-hydrogen) atoms. The summed E-state index contributed by atoms with van der Waals surface area (Å²) < 4.78 is 0. The van der Waals surface area contributed by atoms with Crippen molar-refractivity contribution in [2.45, 2.75) is 25.8 Å². The number of aromatic nitrogens is 3. The number of carbonyl (C=O) groups is 1. The van der Waals surface area contributed by atoms with Crippen LogP contribution < -0.4 is 5.32 Å². The number of aryl methyl sites for hydroxylation is 1. The van der Waals surface area contributed by atoms with Crippen molar-refractivity contribution in [2.24, 2.45) is 0 Å². The summed E-state index contributed by atoms with van der Waals surface area (Å²) in [6, 6.07) is 26.3. The van der Waals surface area contributed by atoms with Crippen LogP contribution >= 0.6 is 0 Å². The van der Waals surface area contributed by atoms with Crippen molar-refractivity contribution in [2.75, 3.05) is 0 Å². The van der Waals surface area contributed by atoms with E-state index in [0.29, 0.717) is 13.0 Å². The molecular formula is C27H24N4O. The third-order valence-corrected chi connectivity index (χ3v) is 5.69. The Morgan fingerprint density at radius 1 is 0.906 bits per heavy atom. The van der Waals surface area contributed by atoms with Crippen molar-refractivity contribution in [3.8, 4) is 11.4 Å². The highest BCUT2D eigenvalue weighted by Gasteiger charge is 2.15. The third-order valence-electron chi connectivity index (χ3n) is 5.69. The number of nitrogens with one attached hydrogen (secondary N) is 2. The van der Waals surface area contributed by atoms with Crippen molar-refractivity contribution in [1.82, 2.24) is 20.3 Å². The number of aromatic amines is 1. The van der Waals surface area contributed by atoms with Crippen LogP contribution in [0.2, 0.25) is 0 Å². The number of amides is 1. The number of nitrogens with zero attached hydrogens (tertiary/aromatic N) is 2. The standard InChI is InChI=1S/C27H24N4O/c32-26(29-18-20-9-5-6-17-28-20)14-7-11-22-21-10-2-4-13-24(21)31-27(22)25-16-15-19-8-1-3-12-23(19)30-25/h1-6,8-10,12-13,15-17,31H,7,11,14,18H2,(H,29,32). The molecule has 2 N–H and O–H groups in total. The van der Waals surface area contributed by atoms with E-state index in [1.54, 1.807) is 6.20 Å². The van der Waals surface area contributed by atoms with Gasteiger partial charge in [0, 0.05) is 28.9 Å². The molecule has 0 radical (unpaired) electrons. The van der Waals surface area contributed by atoms with Crippen LogP contribution in [0.1, 0.15) is 24.1 Å². The van der Waals surface area contributed by atoms with E-state index in [1.165, 1.54) is 10.9 Å². The van der Waals surface area contributed by atoms with E-state index < -0.39 is 0 Å². The lowest BCUT2D eigenvalue weighted by atomic mass is 10.0. The zero-order valence-corrected chi connectivity index (χ0v) is 17.7. The van der Waals surface area contributed by atoms with Crippen LogP contribution in [0.15, 0.2) is 85.1 Å². The van der Waals surface area contributed by atoms with Crippen LogP contribution in [0.3, 0.4) is 0 Å². The van der Waals surface area contributed by atoms with Gasteiger partial charge >= 0.3 is 0 Å². The van der Waals surface area contributed by atoms with Gasteiger partial charge in [0.05, 0.1) is 29.1 Å². The Kier molecular flexibility index (Phi) is 5.62. The first-order valence-electron chi connectivity index (χ1n) is 10.9. The predicted octanol–water partition coefficient (Wildman–Crippen LogP) is 5.42. The fraction of sp³-hybridized carbons (Fsp3) is 0.148. The van der Waals surface area contributed by atoms with Gasteiger partial charge in [0.1, 0.15) is 0 Å². The molecule has 2 aromatic carbocycles. The topological polar surface area (TPSA) is 70.7 Å². The third kappa shape index (κ3) is 4.23. The number of H-pyrrole nitrogens is 1. The number of hydrogen-bond acceptors (Lipinski definition) is 3. The number of hydrogen-bond donors (Lipinski definition) is 2. The second-order valence-electron chi connectivity index (χ2n) is 7.86. The van der Waals surface area contributed by atoms with Gasteiger partial charge in [-0.2, -0.15) is 0 Å². The molecule has 0 aliphatic heterocycles. The van der Waals surface area contributed by atoms with Crippen LogP contribution in [0.5, 0.6) is 0 Å². The van der Waals surface area contributed by atoms with Crippen LogP contribution in [-0.4, -0.2) is 20.9 Å². The Bertz CT molecular complexity index is 1370. The van der Waals surface area contributed by atoms with E-state index in [9.17, 15) is 4.79 Å². The number of pyridine rings is 2. The van der Waals surface area contributed by atoms with Gasteiger partial charge in [0.25, 0.3) is 0 Å². The Morgan fingerprint density at radius 3 is 2.66 bits per heavy atom. The van der Waals surface area contributed by atoms with Crippen molar-refractivity contribution in [3.63, 3.8) is 0 Å². The second kappa shape index (κ2) is 9.02. The maximum atomic E-state index is 12.4. The molecule has 5 aromatic rings. The van der Waals surface area contributed by atoms with Gasteiger partial charge in [-0.25, -0.2) is 4.98 Å². The zero-order chi connectivity index (χ0) is 21.8. The molecule has 0 bridgehead atoms. The minimum Gasteiger partial charge on any atom is -0.353 e. The number of rotatable bonds is 7. The van der Waals surface area contributed by atoms with Gasteiger partial charge in [0.2, 0.25) is 5.91 Å². The van der Waals surface area contributed by atoms with Gasteiger partial charge in [-0.1, -0.05) is 48.5 Å². The van der Waals surface area contributed by atoms with Crippen molar-refractivity contribution in [3.05, 3.63) is 96.3 Å². The molecule has 1 amide bonds. The number of para-hydroxylation sites is 2. The summed E-state index contributed by atoms with van der Waals surface area (Å²) in [6.07, 6.45) is 3.76. The Morgan fingerprint density at radius 2 is 1.75 bits per heavy atom. The summed E-state index contributed by atoms with van der Waals surface area (Å²) in [4.78, 5) is 25.0. The van der Waals surface area contributed by atoms with Gasteiger partial charge in [-0.3, -0.25) is 9.78 Å². The highest BCUT2D eigenvalue weighted by molar-refractivity contribution is 5.91. The monoisotopic (exact) mass is 420 g/mol. The highest BCUT2D eigenvalue weighted by atomic mass is 16.1.